The third-order valence-electron chi connectivity index (χ3n) is 6.37. The summed E-state index contributed by atoms with van der Waals surface area (Å²) in [7, 11) is 0. The maximum Gasteiger partial charge on any atom is 0.326 e. The Morgan fingerprint density at radius 3 is 1.79 bits per heavy atom. The minimum atomic E-state index is -1.79. The SMILES string of the molecule is NC(Cc1ccccc1)C(=O)NC(CC(=O)O)C(=O)NC(CC(=O)O)C(=O)NC(Cc1c[nH]c2ccccc12)C(=O)O. The average molecular weight is 582 g/mol. The number of nitrogens with one attached hydrogen (secondary N) is 4. The van der Waals surface area contributed by atoms with E-state index >= 15 is 0 Å². The highest BCUT2D eigenvalue weighted by Gasteiger charge is 2.33. The number of aromatic amines is 1. The number of hydrogen-bond donors (Lipinski definition) is 8. The van der Waals surface area contributed by atoms with Gasteiger partial charge in [-0.2, -0.15) is 0 Å². The van der Waals surface area contributed by atoms with Crippen LogP contribution in [0.15, 0.2) is 60.8 Å². The van der Waals surface area contributed by atoms with Crippen LogP contribution in [0.2, 0.25) is 0 Å². The Bertz CT molecular complexity index is 1460. The van der Waals surface area contributed by atoms with Crippen molar-refractivity contribution in [3.05, 3.63) is 71.9 Å². The number of rotatable bonds is 15. The van der Waals surface area contributed by atoms with Crippen LogP contribution in [-0.2, 0) is 41.6 Å². The number of hydrogen-bond acceptors (Lipinski definition) is 7. The highest BCUT2D eigenvalue weighted by atomic mass is 16.4. The monoisotopic (exact) mass is 581 g/mol. The highest BCUT2D eigenvalue weighted by Crippen LogP contribution is 2.19. The van der Waals surface area contributed by atoms with Crippen molar-refractivity contribution in [3.8, 4) is 0 Å². The van der Waals surface area contributed by atoms with Crippen LogP contribution >= 0.6 is 0 Å². The van der Waals surface area contributed by atoms with Gasteiger partial charge in [0.1, 0.15) is 18.1 Å². The van der Waals surface area contributed by atoms with Crippen LogP contribution in [0, 0.1) is 0 Å². The molecule has 1 heterocycles. The van der Waals surface area contributed by atoms with Crippen molar-refractivity contribution in [2.24, 2.45) is 5.73 Å². The van der Waals surface area contributed by atoms with E-state index in [-0.39, 0.29) is 12.8 Å². The van der Waals surface area contributed by atoms with Crippen molar-refractivity contribution in [3.63, 3.8) is 0 Å². The van der Waals surface area contributed by atoms with Crippen LogP contribution in [0.1, 0.15) is 24.0 Å². The average Bonchev–Trinajstić information content (AvgIpc) is 3.34. The zero-order valence-corrected chi connectivity index (χ0v) is 22.3. The zero-order valence-electron chi connectivity index (χ0n) is 22.3. The summed E-state index contributed by atoms with van der Waals surface area (Å²) in [4.78, 5) is 76.5. The van der Waals surface area contributed by atoms with Gasteiger partial charge in [0.15, 0.2) is 0 Å². The van der Waals surface area contributed by atoms with Gasteiger partial charge in [-0.1, -0.05) is 48.5 Å². The quantitative estimate of drug-likeness (QED) is 0.117. The van der Waals surface area contributed by atoms with E-state index in [1.165, 1.54) is 0 Å². The molecule has 0 saturated carbocycles. The smallest absolute Gasteiger partial charge is 0.326 e. The number of carbonyl (C=O) groups is 6. The molecule has 0 spiro atoms. The van der Waals surface area contributed by atoms with Crippen LogP contribution in [-0.4, -0.2) is 80.1 Å². The highest BCUT2D eigenvalue weighted by molar-refractivity contribution is 5.97. The number of carbonyl (C=O) groups excluding carboxylic acids is 3. The summed E-state index contributed by atoms with van der Waals surface area (Å²) in [6, 6.07) is 9.67. The van der Waals surface area contributed by atoms with Crippen LogP contribution in [0.4, 0.5) is 0 Å². The molecule has 1 aromatic heterocycles. The molecule has 4 atom stereocenters. The summed E-state index contributed by atoms with van der Waals surface area (Å²) >= 11 is 0. The van der Waals surface area contributed by atoms with Gasteiger partial charge < -0.3 is 42.0 Å². The fraction of sp³-hybridized carbons (Fsp3) is 0.286. The molecule has 0 radical (unpaired) electrons. The summed E-state index contributed by atoms with van der Waals surface area (Å²) in [5.74, 6) is -7.50. The van der Waals surface area contributed by atoms with Crippen LogP contribution in [0.3, 0.4) is 0 Å². The Kier molecular flexibility index (Phi) is 10.7. The number of nitrogens with two attached hydrogens (primary N) is 1. The Morgan fingerprint density at radius 2 is 1.21 bits per heavy atom. The lowest BCUT2D eigenvalue weighted by Crippen LogP contribution is -2.58. The first-order chi connectivity index (χ1) is 19.9. The first-order valence-electron chi connectivity index (χ1n) is 12.9. The number of amides is 3. The molecule has 9 N–H and O–H groups in total. The second-order valence-electron chi connectivity index (χ2n) is 9.58. The molecular weight excluding hydrogens is 550 g/mol. The topological polar surface area (TPSA) is 241 Å². The number of H-pyrrole nitrogens is 1. The maximum atomic E-state index is 13.0. The van der Waals surface area contributed by atoms with Gasteiger partial charge in [0.2, 0.25) is 17.7 Å². The first-order valence-corrected chi connectivity index (χ1v) is 12.9. The fourth-order valence-electron chi connectivity index (χ4n) is 4.27. The predicted molar refractivity (Wildman–Crippen MR) is 148 cm³/mol. The lowest BCUT2D eigenvalue weighted by Gasteiger charge is -2.24. The van der Waals surface area contributed by atoms with Gasteiger partial charge in [-0.3, -0.25) is 24.0 Å². The normalized spacial score (nSPS) is 13.7. The fourth-order valence-corrected chi connectivity index (χ4v) is 4.27. The summed E-state index contributed by atoms with van der Waals surface area (Å²) in [6.45, 7) is 0. The van der Waals surface area contributed by atoms with E-state index in [2.05, 4.69) is 20.9 Å². The lowest BCUT2D eigenvalue weighted by molar-refractivity contribution is -0.145. The molecule has 0 fully saturated rings. The Balaban J connectivity index is 1.72. The van der Waals surface area contributed by atoms with Gasteiger partial charge in [0.05, 0.1) is 18.9 Å². The first kappa shape index (κ1) is 31.3. The van der Waals surface area contributed by atoms with Crippen molar-refractivity contribution < 1.29 is 44.1 Å². The summed E-state index contributed by atoms with van der Waals surface area (Å²) < 4.78 is 0. The van der Waals surface area contributed by atoms with Crippen molar-refractivity contribution in [1.82, 2.24) is 20.9 Å². The van der Waals surface area contributed by atoms with E-state index in [4.69, 9.17) is 5.73 Å². The Labute approximate surface area is 239 Å². The summed E-state index contributed by atoms with van der Waals surface area (Å²) in [5, 5.41) is 35.7. The molecule has 0 aliphatic carbocycles. The molecule has 0 aliphatic heterocycles. The minimum Gasteiger partial charge on any atom is -0.481 e. The molecule has 0 bridgehead atoms. The number of aliphatic carboxylic acids is 3. The Morgan fingerprint density at radius 1 is 0.690 bits per heavy atom. The molecule has 14 nitrogen and oxygen atoms in total. The maximum absolute atomic E-state index is 13.0. The molecule has 3 amide bonds. The Hall–Kier alpha value is -5.24. The molecule has 0 saturated heterocycles. The van der Waals surface area contributed by atoms with Crippen molar-refractivity contribution >= 4 is 46.5 Å². The third kappa shape index (κ3) is 8.89. The molecule has 0 aliphatic rings. The minimum absolute atomic E-state index is 0.0884. The second-order valence-corrected chi connectivity index (χ2v) is 9.58. The summed E-state index contributed by atoms with van der Waals surface area (Å²) in [5.41, 5.74) is 7.97. The molecule has 4 unspecified atom stereocenters. The van der Waals surface area contributed by atoms with Gasteiger partial charge in [0.25, 0.3) is 0 Å². The van der Waals surface area contributed by atoms with E-state index in [1.54, 1.807) is 60.8 Å². The van der Waals surface area contributed by atoms with E-state index in [0.29, 0.717) is 5.56 Å². The van der Waals surface area contributed by atoms with Crippen molar-refractivity contribution in [2.45, 2.75) is 49.9 Å². The van der Waals surface area contributed by atoms with E-state index < -0.39 is 72.6 Å². The standard InChI is InChI=1S/C28H31N5O9/c29-18(10-15-6-2-1-3-7-15)25(38)31-20(12-23(34)35)26(39)32-21(13-24(36)37)27(40)33-22(28(41)42)11-16-14-30-19-9-5-4-8-17(16)19/h1-9,14,18,20-22,30H,10-13,29H2,(H,31,38)(H,32,39)(H,33,40)(H,34,35)(H,36,37)(H,41,42). The number of carboxylic acids is 3. The second kappa shape index (κ2) is 14.4. The molecule has 42 heavy (non-hydrogen) atoms. The third-order valence-corrected chi connectivity index (χ3v) is 6.37. The molecule has 14 heteroatoms. The van der Waals surface area contributed by atoms with Crippen LogP contribution in [0.25, 0.3) is 10.9 Å². The number of carboxylic acid groups (broad SMARTS) is 3. The molecule has 3 rings (SSSR count). The van der Waals surface area contributed by atoms with Gasteiger partial charge in [-0.15, -0.1) is 0 Å². The van der Waals surface area contributed by atoms with E-state index in [1.807, 2.05) is 0 Å². The molecule has 222 valence electrons. The van der Waals surface area contributed by atoms with Crippen molar-refractivity contribution in [1.29, 1.82) is 0 Å². The van der Waals surface area contributed by atoms with E-state index in [0.717, 1.165) is 16.5 Å². The molecular formula is C28H31N5O9. The molecule has 3 aromatic rings. The van der Waals surface area contributed by atoms with Crippen LogP contribution < -0.4 is 21.7 Å². The largest absolute Gasteiger partial charge is 0.481 e. The summed E-state index contributed by atoms with van der Waals surface area (Å²) in [6.07, 6.45) is -0.320. The van der Waals surface area contributed by atoms with E-state index in [9.17, 15) is 44.1 Å². The predicted octanol–water partition coefficient (Wildman–Crippen LogP) is -0.231. The number of fused-ring (bicyclic) bond motifs is 1. The number of benzene rings is 2. The van der Waals surface area contributed by atoms with Gasteiger partial charge in [-0.05, 0) is 23.6 Å². The molecule has 2 aromatic carbocycles. The van der Waals surface area contributed by atoms with Gasteiger partial charge in [0, 0.05) is 23.5 Å². The zero-order chi connectivity index (χ0) is 30.8. The lowest BCUT2D eigenvalue weighted by atomic mass is 10.0. The van der Waals surface area contributed by atoms with Gasteiger partial charge in [-0.25, -0.2) is 4.79 Å². The number of para-hydroxylation sites is 1. The van der Waals surface area contributed by atoms with Gasteiger partial charge >= 0.3 is 17.9 Å². The van der Waals surface area contributed by atoms with Crippen LogP contribution in [0.5, 0.6) is 0 Å². The van der Waals surface area contributed by atoms with Crippen molar-refractivity contribution in [2.75, 3.05) is 0 Å². The number of aromatic nitrogens is 1.